The van der Waals surface area contributed by atoms with Gasteiger partial charge in [0.2, 0.25) is 11.8 Å². The van der Waals surface area contributed by atoms with Crippen molar-refractivity contribution in [2.45, 2.75) is 25.2 Å². The minimum absolute atomic E-state index is 0.0531. The van der Waals surface area contributed by atoms with Crippen molar-refractivity contribution in [3.63, 3.8) is 0 Å². The van der Waals surface area contributed by atoms with Crippen molar-refractivity contribution in [1.82, 2.24) is 4.90 Å². The summed E-state index contributed by atoms with van der Waals surface area (Å²) in [6.45, 7) is 3.77. The lowest BCUT2D eigenvalue weighted by molar-refractivity contribution is -0.132. The van der Waals surface area contributed by atoms with E-state index in [0.717, 1.165) is 28.9 Å². The molecule has 2 amide bonds. The molecule has 7 heteroatoms. The highest BCUT2D eigenvalue weighted by atomic mass is 32.2. The number of rotatable bonds is 7. The number of halogens is 2. The average molecular weight is 392 g/mol. The van der Waals surface area contributed by atoms with Crippen LogP contribution in [0, 0.1) is 25.5 Å². The predicted octanol–water partition coefficient (Wildman–Crippen LogP) is 4.16. The third-order valence-electron chi connectivity index (χ3n) is 4.03. The molecule has 144 valence electrons. The number of para-hydroxylation sites is 1. The second-order valence-electron chi connectivity index (χ2n) is 6.24. The summed E-state index contributed by atoms with van der Waals surface area (Å²) in [4.78, 5) is 26.3. The zero-order chi connectivity index (χ0) is 20.0. The molecule has 0 unspecified atom stereocenters. The predicted molar refractivity (Wildman–Crippen MR) is 104 cm³/mol. The Labute approximate surface area is 161 Å². The van der Waals surface area contributed by atoms with Crippen LogP contribution in [0.4, 0.5) is 14.5 Å². The van der Waals surface area contributed by atoms with E-state index >= 15 is 0 Å². The van der Waals surface area contributed by atoms with Crippen LogP contribution in [0.15, 0.2) is 41.3 Å². The third kappa shape index (κ3) is 6.06. The van der Waals surface area contributed by atoms with E-state index in [-0.39, 0.29) is 24.8 Å². The van der Waals surface area contributed by atoms with Crippen LogP contribution in [0.2, 0.25) is 0 Å². The maximum atomic E-state index is 13.2. The van der Waals surface area contributed by atoms with Gasteiger partial charge >= 0.3 is 0 Å². The summed E-state index contributed by atoms with van der Waals surface area (Å²) in [5.41, 5.74) is 2.68. The van der Waals surface area contributed by atoms with Crippen LogP contribution in [0.1, 0.15) is 17.5 Å². The highest BCUT2D eigenvalue weighted by Gasteiger charge is 2.14. The summed E-state index contributed by atoms with van der Waals surface area (Å²) in [6, 6.07) is 9.37. The molecular formula is C20H22F2N2O2S. The molecule has 0 aliphatic heterocycles. The van der Waals surface area contributed by atoms with Gasteiger partial charge in [0.15, 0.2) is 11.6 Å². The molecule has 0 aliphatic rings. The fraction of sp³-hybridized carbons (Fsp3) is 0.300. The van der Waals surface area contributed by atoms with E-state index in [1.807, 2.05) is 32.0 Å². The van der Waals surface area contributed by atoms with Crippen LogP contribution in [-0.4, -0.2) is 36.1 Å². The van der Waals surface area contributed by atoms with Crippen molar-refractivity contribution in [2.75, 3.05) is 24.7 Å². The molecule has 2 rings (SSSR count). The fourth-order valence-electron chi connectivity index (χ4n) is 2.51. The van der Waals surface area contributed by atoms with E-state index in [1.54, 1.807) is 7.05 Å². The Bertz CT molecular complexity index is 822. The molecule has 0 atom stereocenters. The van der Waals surface area contributed by atoms with Crippen molar-refractivity contribution < 1.29 is 18.4 Å². The van der Waals surface area contributed by atoms with Gasteiger partial charge in [0.25, 0.3) is 0 Å². The Hall–Kier alpha value is -2.41. The van der Waals surface area contributed by atoms with Gasteiger partial charge in [0.05, 0.1) is 6.54 Å². The number of hydrogen-bond acceptors (Lipinski definition) is 3. The SMILES string of the molecule is Cc1cccc(C)c1NC(=O)CN(C)C(=O)CCSc1ccc(F)c(F)c1. The van der Waals surface area contributed by atoms with Gasteiger partial charge in [-0.1, -0.05) is 18.2 Å². The number of nitrogens with zero attached hydrogens (tertiary/aromatic N) is 1. The monoisotopic (exact) mass is 392 g/mol. The van der Waals surface area contributed by atoms with Crippen LogP contribution < -0.4 is 5.32 Å². The standard InChI is InChI=1S/C20H22F2N2O2S/c1-13-5-4-6-14(2)20(13)23-18(25)12-24(3)19(26)9-10-27-15-7-8-16(21)17(22)11-15/h4-8,11H,9-10,12H2,1-3H3,(H,23,25). The first kappa shape index (κ1) is 20.9. The number of thioether (sulfide) groups is 1. The molecule has 0 heterocycles. The Morgan fingerprint density at radius 1 is 1.07 bits per heavy atom. The van der Waals surface area contributed by atoms with E-state index in [2.05, 4.69) is 5.32 Å². The van der Waals surface area contributed by atoms with E-state index in [0.29, 0.717) is 10.6 Å². The van der Waals surface area contributed by atoms with Crippen molar-refractivity contribution in [3.8, 4) is 0 Å². The first-order chi connectivity index (χ1) is 12.8. The van der Waals surface area contributed by atoms with Crippen molar-refractivity contribution in [2.24, 2.45) is 0 Å². The topological polar surface area (TPSA) is 49.4 Å². The minimum Gasteiger partial charge on any atom is -0.336 e. The number of nitrogens with one attached hydrogen (secondary N) is 1. The van der Waals surface area contributed by atoms with Crippen LogP contribution in [0.25, 0.3) is 0 Å². The Kier molecular flexibility index (Phi) is 7.36. The highest BCUT2D eigenvalue weighted by Crippen LogP contribution is 2.21. The first-order valence-electron chi connectivity index (χ1n) is 8.46. The van der Waals surface area contributed by atoms with Crippen molar-refractivity contribution in [1.29, 1.82) is 0 Å². The Morgan fingerprint density at radius 3 is 2.37 bits per heavy atom. The first-order valence-corrected chi connectivity index (χ1v) is 9.44. The van der Waals surface area contributed by atoms with E-state index < -0.39 is 11.6 Å². The third-order valence-corrected chi connectivity index (χ3v) is 5.02. The Morgan fingerprint density at radius 2 is 1.74 bits per heavy atom. The van der Waals surface area contributed by atoms with Gasteiger partial charge in [-0.2, -0.15) is 0 Å². The second-order valence-corrected chi connectivity index (χ2v) is 7.41. The summed E-state index contributed by atoms with van der Waals surface area (Å²) in [5, 5.41) is 2.84. The summed E-state index contributed by atoms with van der Waals surface area (Å²) < 4.78 is 26.1. The number of hydrogen-bond donors (Lipinski definition) is 1. The fourth-order valence-corrected chi connectivity index (χ4v) is 3.37. The van der Waals surface area contributed by atoms with Crippen LogP contribution in [0.5, 0.6) is 0 Å². The molecule has 0 fully saturated rings. The summed E-state index contributed by atoms with van der Waals surface area (Å²) in [6.07, 6.45) is 0.191. The molecule has 0 spiro atoms. The lowest BCUT2D eigenvalue weighted by atomic mass is 10.1. The quantitative estimate of drug-likeness (QED) is 0.720. The molecule has 0 saturated carbocycles. The molecule has 27 heavy (non-hydrogen) atoms. The molecule has 1 N–H and O–H groups in total. The van der Waals surface area contributed by atoms with Crippen molar-refractivity contribution in [3.05, 3.63) is 59.2 Å². The molecule has 0 aliphatic carbocycles. The number of benzene rings is 2. The van der Waals surface area contributed by atoms with E-state index in [9.17, 15) is 18.4 Å². The molecule has 0 bridgehead atoms. The summed E-state index contributed by atoms with van der Waals surface area (Å²) in [7, 11) is 1.56. The molecule has 0 aromatic heterocycles. The number of likely N-dealkylation sites (N-methyl/N-ethyl adjacent to an activating group) is 1. The smallest absolute Gasteiger partial charge is 0.243 e. The van der Waals surface area contributed by atoms with E-state index in [4.69, 9.17) is 0 Å². The molecule has 0 radical (unpaired) electrons. The molecule has 2 aromatic rings. The zero-order valence-electron chi connectivity index (χ0n) is 15.5. The molecular weight excluding hydrogens is 370 g/mol. The number of anilines is 1. The molecule has 2 aromatic carbocycles. The van der Waals surface area contributed by atoms with Gasteiger partial charge < -0.3 is 10.2 Å². The van der Waals surface area contributed by atoms with Gasteiger partial charge in [0, 0.05) is 29.8 Å². The number of carbonyl (C=O) groups is 2. The minimum atomic E-state index is -0.911. The Balaban J connectivity index is 1.80. The van der Waals surface area contributed by atoms with Gasteiger partial charge in [0.1, 0.15) is 0 Å². The molecule has 4 nitrogen and oxygen atoms in total. The van der Waals surface area contributed by atoms with Gasteiger partial charge in [-0.05, 0) is 43.2 Å². The lowest BCUT2D eigenvalue weighted by Crippen LogP contribution is -2.35. The lowest BCUT2D eigenvalue weighted by Gasteiger charge is -2.18. The largest absolute Gasteiger partial charge is 0.336 e. The maximum Gasteiger partial charge on any atom is 0.243 e. The summed E-state index contributed by atoms with van der Waals surface area (Å²) >= 11 is 1.26. The van der Waals surface area contributed by atoms with Crippen molar-refractivity contribution >= 4 is 29.3 Å². The second kappa shape index (κ2) is 9.50. The normalized spacial score (nSPS) is 10.6. The van der Waals surface area contributed by atoms with Gasteiger partial charge in [-0.15, -0.1) is 11.8 Å². The van der Waals surface area contributed by atoms with Crippen LogP contribution in [0.3, 0.4) is 0 Å². The summed E-state index contributed by atoms with van der Waals surface area (Å²) in [5.74, 6) is -1.86. The average Bonchev–Trinajstić information content (AvgIpc) is 2.61. The van der Waals surface area contributed by atoms with Crippen LogP contribution >= 0.6 is 11.8 Å². The number of carbonyl (C=O) groups excluding carboxylic acids is 2. The highest BCUT2D eigenvalue weighted by molar-refractivity contribution is 7.99. The number of aryl methyl sites for hydroxylation is 2. The zero-order valence-corrected chi connectivity index (χ0v) is 16.3. The molecule has 0 saturated heterocycles. The number of amides is 2. The van der Waals surface area contributed by atoms with Gasteiger partial charge in [-0.25, -0.2) is 8.78 Å². The van der Waals surface area contributed by atoms with E-state index in [1.165, 1.54) is 22.7 Å². The van der Waals surface area contributed by atoms with Crippen LogP contribution in [-0.2, 0) is 9.59 Å². The maximum absolute atomic E-state index is 13.2. The van der Waals surface area contributed by atoms with Gasteiger partial charge in [-0.3, -0.25) is 9.59 Å².